The number of nitrogens with zero attached hydrogens (tertiary/aromatic N) is 6. The van der Waals surface area contributed by atoms with E-state index in [2.05, 4.69) is 20.4 Å². The number of aromatic nitrogens is 6. The van der Waals surface area contributed by atoms with Gasteiger partial charge in [-0.2, -0.15) is 5.10 Å². The highest BCUT2D eigenvalue weighted by Crippen LogP contribution is 2.35. The van der Waals surface area contributed by atoms with Crippen LogP contribution in [0.25, 0.3) is 27.8 Å². The van der Waals surface area contributed by atoms with E-state index in [4.69, 9.17) is 21.3 Å². The third kappa shape index (κ3) is 4.03. The van der Waals surface area contributed by atoms with Gasteiger partial charge in [-0.25, -0.2) is 9.97 Å². The molecule has 0 atom stereocenters. The molecule has 0 unspecified atom stereocenters. The SMILES string of the molecule is Clc1c(Oc2ccn3cncc3c2)ccc2ncc(-c3cnn(CC4CCNCC4)c3)nc12. The molecule has 1 N–H and O–H groups in total. The van der Waals surface area contributed by atoms with E-state index < -0.39 is 0 Å². The van der Waals surface area contributed by atoms with Gasteiger partial charge in [-0.3, -0.25) is 9.67 Å². The lowest BCUT2D eigenvalue weighted by Gasteiger charge is -2.22. The minimum absolute atomic E-state index is 0.428. The minimum atomic E-state index is 0.428. The normalized spacial score (nSPS) is 14.8. The maximum atomic E-state index is 6.71. The first-order valence-corrected chi connectivity index (χ1v) is 11.4. The number of halogens is 1. The Balaban J connectivity index is 1.28. The lowest BCUT2D eigenvalue weighted by molar-refractivity contribution is 0.321. The number of hydrogen-bond donors (Lipinski definition) is 1. The summed E-state index contributed by atoms with van der Waals surface area (Å²) in [7, 11) is 0. The third-order valence-corrected chi connectivity index (χ3v) is 6.43. The maximum Gasteiger partial charge on any atom is 0.148 e. The predicted octanol–water partition coefficient (Wildman–Crippen LogP) is 4.59. The van der Waals surface area contributed by atoms with Gasteiger partial charge < -0.3 is 14.5 Å². The second-order valence-electron chi connectivity index (χ2n) is 8.34. The molecule has 9 heteroatoms. The van der Waals surface area contributed by atoms with E-state index in [1.54, 1.807) is 18.7 Å². The lowest BCUT2D eigenvalue weighted by atomic mass is 9.98. The van der Waals surface area contributed by atoms with Crippen molar-refractivity contribution in [1.82, 2.24) is 34.4 Å². The predicted molar refractivity (Wildman–Crippen MR) is 127 cm³/mol. The van der Waals surface area contributed by atoms with Crippen LogP contribution in [0.5, 0.6) is 11.5 Å². The van der Waals surface area contributed by atoms with E-state index in [0.29, 0.717) is 33.5 Å². The summed E-state index contributed by atoms with van der Waals surface area (Å²) in [5.41, 5.74) is 3.91. The Morgan fingerprint density at radius 3 is 2.94 bits per heavy atom. The number of piperidine rings is 1. The number of fused-ring (bicyclic) bond motifs is 2. The molecule has 0 radical (unpaired) electrons. The van der Waals surface area contributed by atoms with Crippen molar-refractivity contribution in [2.45, 2.75) is 19.4 Å². The van der Waals surface area contributed by atoms with Gasteiger partial charge >= 0.3 is 0 Å². The van der Waals surface area contributed by atoms with Gasteiger partial charge in [0.2, 0.25) is 0 Å². The van der Waals surface area contributed by atoms with Gasteiger partial charge in [0.25, 0.3) is 0 Å². The van der Waals surface area contributed by atoms with Gasteiger partial charge in [0.05, 0.1) is 41.6 Å². The maximum absolute atomic E-state index is 6.71. The van der Waals surface area contributed by atoms with Gasteiger partial charge in [-0.05, 0) is 50.0 Å². The van der Waals surface area contributed by atoms with E-state index >= 15 is 0 Å². The highest BCUT2D eigenvalue weighted by Gasteiger charge is 2.16. The molecule has 0 saturated carbocycles. The van der Waals surface area contributed by atoms with Crippen molar-refractivity contribution in [1.29, 1.82) is 0 Å². The fraction of sp³-hybridized carbons (Fsp3) is 0.250. The largest absolute Gasteiger partial charge is 0.456 e. The summed E-state index contributed by atoms with van der Waals surface area (Å²) in [6.07, 6.45) is 13.4. The quantitative estimate of drug-likeness (QED) is 0.414. The Kier molecular flexibility index (Phi) is 5.16. The van der Waals surface area contributed by atoms with Gasteiger partial charge in [0.1, 0.15) is 22.0 Å². The van der Waals surface area contributed by atoms with Crippen LogP contribution in [-0.2, 0) is 6.54 Å². The van der Waals surface area contributed by atoms with Gasteiger partial charge in [-0.15, -0.1) is 0 Å². The fourth-order valence-electron chi connectivity index (χ4n) is 4.26. The first-order chi connectivity index (χ1) is 16.2. The molecule has 1 aliphatic heterocycles. The molecule has 0 amide bonds. The first-order valence-electron chi connectivity index (χ1n) is 11.0. The van der Waals surface area contributed by atoms with Crippen LogP contribution >= 0.6 is 11.6 Å². The summed E-state index contributed by atoms with van der Waals surface area (Å²) < 4.78 is 9.99. The molecule has 0 bridgehead atoms. The molecule has 0 aliphatic carbocycles. The summed E-state index contributed by atoms with van der Waals surface area (Å²) in [5, 5.41) is 8.38. The highest BCUT2D eigenvalue weighted by molar-refractivity contribution is 6.36. The van der Waals surface area contributed by atoms with Crippen molar-refractivity contribution in [3.05, 3.63) is 66.6 Å². The van der Waals surface area contributed by atoms with Crippen LogP contribution in [0.3, 0.4) is 0 Å². The molecule has 1 aromatic carbocycles. The molecule has 1 aliphatic rings. The molecule has 33 heavy (non-hydrogen) atoms. The average molecular weight is 460 g/mol. The van der Waals surface area contributed by atoms with Crippen molar-refractivity contribution < 1.29 is 4.74 Å². The van der Waals surface area contributed by atoms with Crippen molar-refractivity contribution in [2.24, 2.45) is 5.92 Å². The van der Waals surface area contributed by atoms with Crippen LogP contribution in [0.2, 0.25) is 5.02 Å². The Morgan fingerprint density at radius 2 is 2.03 bits per heavy atom. The van der Waals surface area contributed by atoms with Crippen molar-refractivity contribution in [3.63, 3.8) is 0 Å². The number of hydrogen-bond acceptors (Lipinski definition) is 6. The van der Waals surface area contributed by atoms with E-state index in [9.17, 15) is 0 Å². The molecule has 4 aromatic heterocycles. The zero-order valence-corrected chi connectivity index (χ0v) is 18.6. The monoisotopic (exact) mass is 459 g/mol. The van der Waals surface area contributed by atoms with E-state index in [0.717, 1.165) is 36.4 Å². The molecule has 5 aromatic rings. The van der Waals surface area contributed by atoms with Crippen LogP contribution in [0.1, 0.15) is 12.8 Å². The van der Waals surface area contributed by atoms with E-state index in [-0.39, 0.29) is 0 Å². The molecular weight excluding hydrogens is 438 g/mol. The Labute approximate surface area is 195 Å². The van der Waals surface area contributed by atoms with Crippen LogP contribution in [0, 0.1) is 5.92 Å². The lowest BCUT2D eigenvalue weighted by Crippen LogP contribution is -2.29. The zero-order valence-electron chi connectivity index (χ0n) is 17.9. The third-order valence-electron chi connectivity index (χ3n) is 6.06. The summed E-state index contributed by atoms with van der Waals surface area (Å²) in [6.45, 7) is 3.07. The molecule has 166 valence electrons. The summed E-state index contributed by atoms with van der Waals surface area (Å²) in [4.78, 5) is 13.5. The number of rotatable bonds is 5. The molecule has 8 nitrogen and oxygen atoms in total. The smallest absolute Gasteiger partial charge is 0.148 e. The number of benzene rings is 1. The molecule has 1 saturated heterocycles. The average Bonchev–Trinajstić information content (AvgIpc) is 3.51. The topological polar surface area (TPSA) is 82.2 Å². The summed E-state index contributed by atoms with van der Waals surface area (Å²) >= 11 is 6.71. The molecular formula is C24H22ClN7O. The summed E-state index contributed by atoms with van der Waals surface area (Å²) in [6, 6.07) is 7.46. The standard InChI is InChI=1S/C24H22ClN7O/c25-23-22(33-19-5-8-31-15-27-11-18(31)9-19)2-1-20-24(23)30-21(12-28-20)17-10-29-32(14-17)13-16-3-6-26-7-4-16/h1-2,5,8-12,14-16,26H,3-4,6-7,13H2. The Morgan fingerprint density at radius 1 is 1.12 bits per heavy atom. The van der Waals surface area contributed by atoms with Crippen LogP contribution in [-0.4, -0.2) is 42.2 Å². The summed E-state index contributed by atoms with van der Waals surface area (Å²) in [5.74, 6) is 1.85. The minimum Gasteiger partial charge on any atom is -0.456 e. The van der Waals surface area contributed by atoms with Crippen molar-refractivity contribution in [3.8, 4) is 22.8 Å². The number of pyridine rings is 1. The van der Waals surface area contributed by atoms with Crippen molar-refractivity contribution in [2.75, 3.05) is 13.1 Å². The van der Waals surface area contributed by atoms with E-state index in [1.807, 2.05) is 51.9 Å². The Hall–Kier alpha value is -3.49. The number of ether oxygens (including phenoxy) is 1. The van der Waals surface area contributed by atoms with Gasteiger partial charge in [0.15, 0.2) is 0 Å². The Bertz CT molecular complexity index is 1440. The molecule has 1 fully saturated rings. The second-order valence-corrected chi connectivity index (χ2v) is 8.71. The zero-order chi connectivity index (χ0) is 22.2. The van der Waals surface area contributed by atoms with Gasteiger partial charge in [-0.1, -0.05) is 11.6 Å². The number of imidazole rings is 1. The highest BCUT2D eigenvalue weighted by atomic mass is 35.5. The van der Waals surface area contributed by atoms with Gasteiger partial charge in [0, 0.05) is 30.6 Å². The number of nitrogens with one attached hydrogen (secondary N) is 1. The van der Waals surface area contributed by atoms with Crippen molar-refractivity contribution >= 4 is 28.2 Å². The fourth-order valence-corrected chi connectivity index (χ4v) is 4.50. The van der Waals surface area contributed by atoms with Crippen LogP contribution in [0.4, 0.5) is 0 Å². The first kappa shape index (κ1) is 20.1. The van der Waals surface area contributed by atoms with E-state index in [1.165, 1.54) is 12.8 Å². The molecule has 5 heterocycles. The van der Waals surface area contributed by atoms with Crippen LogP contribution < -0.4 is 10.1 Å². The molecule has 0 spiro atoms. The second kappa shape index (κ2) is 8.46. The van der Waals surface area contributed by atoms with Crippen LogP contribution in [0.15, 0.2) is 61.6 Å². The molecule has 6 rings (SSSR count).